The third kappa shape index (κ3) is 3.92. The third-order valence-corrected chi connectivity index (χ3v) is 5.84. The highest BCUT2D eigenvalue weighted by Gasteiger charge is 2.34. The van der Waals surface area contributed by atoms with Gasteiger partial charge in [0.2, 0.25) is 0 Å². The number of carbonyl (C=O) groups excluding carboxylic acids is 2. The molecule has 1 aromatic heterocycles. The number of hydrogen-bond acceptors (Lipinski definition) is 6. The van der Waals surface area contributed by atoms with Crippen molar-refractivity contribution in [2.24, 2.45) is 5.92 Å². The number of para-hydroxylation sites is 1. The minimum Gasteiger partial charge on any atom is -0.493 e. The Labute approximate surface area is 192 Å². The van der Waals surface area contributed by atoms with E-state index in [2.05, 4.69) is 10.4 Å². The van der Waals surface area contributed by atoms with Crippen LogP contribution in [0.15, 0.2) is 42.5 Å². The van der Waals surface area contributed by atoms with Crippen molar-refractivity contribution in [2.75, 3.05) is 21.3 Å². The molecule has 8 nitrogen and oxygen atoms in total. The van der Waals surface area contributed by atoms with Gasteiger partial charge < -0.3 is 19.5 Å². The quantitative estimate of drug-likeness (QED) is 0.435. The van der Waals surface area contributed by atoms with E-state index in [0.29, 0.717) is 17.9 Å². The molecule has 4 rings (SSSR count). The van der Waals surface area contributed by atoms with Gasteiger partial charge in [0.25, 0.3) is 5.91 Å². The topological polar surface area (TPSA) is 91.7 Å². The summed E-state index contributed by atoms with van der Waals surface area (Å²) >= 11 is 0. The summed E-state index contributed by atoms with van der Waals surface area (Å²) in [4.78, 5) is 25.5. The fourth-order valence-corrected chi connectivity index (χ4v) is 4.15. The Bertz CT molecular complexity index is 1200. The summed E-state index contributed by atoms with van der Waals surface area (Å²) < 4.78 is 17.6. The van der Waals surface area contributed by atoms with Crippen LogP contribution in [0.2, 0.25) is 0 Å². The van der Waals surface area contributed by atoms with Gasteiger partial charge in [-0.1, -0.05) is 32.0 Å². The number of nitrogens with zero attached hydrogens (tertiary/aromatic N) is 2. The largest absolute Gasteiger partial charge is 0.493 e. The van der Waals surface area contributed by atoms with Gasteiger partial charge in [0.15, 0.2) is 17.2 Å². The van der Waals surface area contributed by atoms with E-state index in [-0.39, 0.29) is 11.6 Å². The SMILES string of the molecule is COC(=O)[C@H](NC(=O)c1nn(-c2ccccc2)c2c1Cc1cc(OC)c(OC)cc1-2)C(C)C. The van der Waals surface area contributed by atoms with Crippen LogP contribution in [0.25, 0.3) is 16.9 Å². The number of fused-ring (bicyclic) bond motifs is 3. The Morgan fingerprint density at radius 2 is 1.70 bits per heavy atom. The van der Waals surface area contributed by atoms with E-state index in [9.17, 15) is 9.59 Å². The smallest absolute Gasteiger partial charge is 0.328 e. The first-order valence-electron chi connectivity index (χ1n) is 10.7. The molecule has 0 unspecified atom stereocenters. The maximum atomic E-state index is 13.3. The van der Waals surface area contributed by atoms with Crippen LogP contribution in [0.5, 0.6) is 11.5 Å². The molecule has 1 amide bonds. The molecule has 0 spiro atoms. The minimum atomic E-state index is -0.774. The van der Waals surface area contributed by atoms with E-state index < -0.39 is 17.9 Å². The minimum absolute atomic E-state index is 0.142. The van der Waals surface area contributed by atoms with Crippen molar-refractivity contribution in [1.82, 2.24) is 15.1 Å². The molecular formula is C25H27N3O5. The molecule has 3 aromatic rings. The number of aromatic nitrogens is 2. The summed E-state index contributed by atoms with van der Waals surface area (Å²) in [6.45, 7) is 3.70. The maximum absolute atomic E-state index is 13.3. The number of methoxy groups -OCH3 is 3. The molecule has 0 radical (unpaired) electrons. The van der Waals surface area contributed by atoms with Gasteiger partial charge in [-0.15, -0.1) is 0 Å². The zero-order valence-electron chi connectivity index (χ0n) is 19.3. The van der Waals surface area contributed by atoms with Crippen LogP contribution in [-0.4, -0.2) is 49.0 Å². The number of esters is 1. The zero-order chi connectivity index (χ0) is 23.7. The first-order valence-corrected chi connectivity index (χ1v) is 10.7. The molecule has 1 aliphatic carbocycles. The molecule has 0 saturated heterocycles. The highest BCUT2D eigenvalue weighted by molar-refractivity contribution is 5.99. The van der Waals surface area contributed by atoms with Crippen molar-refractivity contribution in [3.63, 3.8) is 0 Å². The van der Waals surface area contributed by atoms with Gasteiger partial charge in [-0.05, 0) is 35.7 Å². The van der Waals surface area contributed by atoms with Crippen molar-refractivity contribution >= 4 is 11.9 Å². The molecule has 0 aliphatic heterocycles. The summed E-state index contributed by atoms with van der Waals surface area (Å²) in [6.07, 6.45) is 0.505. The predicted molar refractivity (Wildman–Crippen MR) is 123 cm³/mol. The standard InChI is InChI=1S/C25H27N3O5/c1-14(2)21(25(30)33-5)26-24(29)22-18-11-15-12-19(31-3)20(32-4)13-17(15)23(18)28(27-22)16-9-7-6-8-10-16/h6-10,12-14,21H,11H2,1-5H3,(H,26,29)/t21-/m1/s1. The van der Waals surface area contributed by atoms with E-state index in [0.717, 1.165) is 28.1 Å². The molecule has 33 heavy (non-hydrogen) atoms. The van der Waals surface area contributed by atoms with Gasteiger partial charge in [-0.2, -0.15) is 5.10 Å². The number of nitrogens with one attached hydrogen (secondary N) is 1. The van der Waals surface area contributed by atoms with E-state index >= 15 is 0 Å². The van der Waals surface area contributed by atoms with Crippen LogP contribution in [0.4, 0.5) is 0 Å². The van der Waals surface area contributed by atoms with Gasteiger partial charge in [0.05, 0.1) is 32.7 Å². The van der Waals surface area contributed by atoms with E-state index in [4.69, 9.17) is 14.2 Å². The molecule has 0 bridgehead atoms. The third-order valence-electron chi connectivity index (χ3n) is 5.84. The summed E-state index contributed by atoms with van der Waals surface area (Å²) in [7, 11) is 4.49. The molecule has 0 fully saturated rings. The van der Waals surface area contributed by atoms with Gasteiger partial charge in [-0.3, -0.25) is 4.79 Å². The Morgan fingerprint density at radius 3 is 2.30 bits per heavy atom. The van der Waals surface area contributed by atoms with Crippen LogP contribution < -0.4 is 14.8 Å². The van der Waals surface area contributed by atoms with Crippen molar-refractivity contribution < 1.29 is 23.8 Å². The van der Waals surface area contributed by atoms with Gasteiger partial charge in [-0.25, -0.2) is 9.48 Å². The molecule has 1 aliphatic rings. The van der Waals surface area contributed by atoms with Gasteiger partial charge in [0.1, 0.15) is 6.04 Å². The first kappa shape index (κ1) is 22.4. The molecule has 1 N–H and O–H groups in total. The Kier molecular flexibility index (Phi) is 6.09. The lowest BCUT2D eigenvalue weighted by Gasteiger charge is -2.19. The normalized spacial score (nSPS) is 12.7. The van der Waals surface area contributed by atoms with Crippen molar-refractivity contribution in [3.05, 3.63) is 59.3 Å². The van der Waals surface area contributed by atoms with Crippen LogP contribution in [0, 0.1) is 5.92 Å². The number of ether oxygens (including phenoxy) is 3. The van der Waals surface area contributed by atoms with Gasteiger partial charge in [0, 0.05) is 17.5 Å². The predicted octanol–water partition coefficient (Wildman–Crippen LogP) is 3.39. The van der Waals surface area contributed by atoms with Crippen molar-refractivity contribution in [2.45, 2.75) is 26.3 Å². The molecule has 8 heteroatoms. The number of amides is 1. The van der Waals surface area contributed by atoms with E-state index in [1.807, 2.05) is 56.3 Å². The van der Waals surface area contributed by atoms with E-state index in [1.165, 1.54) is 7.11 Å². The summed E-state index contributed by atoms with van der Waals surface area (Å²) in [5.41, 5.74) is 4.63. The number of rotatable bonds is 7. The molecule has 0 saturated carbocycles. The zero-order valence-corrected chi connectivity index (χ0v) is 19.3. The average molecular weight is 450 g/mol. The molecule has 2 aromatic carbocycles. The highest BCUT2D eigenvalue weighted by atomic mass is 16.5. The Hall–Kier alpha value is -3.81. The second kappa shape index (κ2) is 8.97. The second-order valence-electron chi connectivity index (χ2n) is 8.18. The summed E-state index contributed by atoms with van der Waals surface area (Å²) in [5.74, 6) is 0.169. The molecule has 172 valence electrons. The van der Waals surface area contributed by atoms with E-state index in [1.54, 1.807) is 18.9 Å². The van der Waals surface area contributed by atoms with Crippen molar-refractivity contribution in [3.8, 4) is 28.4 Å². The second-order valence-corrected chi connectivity index (χ2v) is 8.18. The van der Waals surface area contributed by atoms with Gasteiger partial charge >= 0.3 is 5.97 Å². The number of carbonyl (C=O) groups is 2. The van der Waals surface area contributed by atoms with Crippen LogP contribution in [0.1, 0.15) is 35.5 Å². The lowest BCUT2D eigenvalue weighted by Crippen LogP contribution is -2.45. The lowest BCUT2D eigenvalue weighted by molar-refractivity contribution is -0.144. The number of benzene rings is 2. The Balaban J connectivity index is 1.84. The van der Waals surface area contributed by atoms with Crippen LogP contribution >= 0.6 is 0 Å². The summed E-state index contributed by atoms with van der Waals surface area (Å²) in [6, 6.07) is 12.7. The molecule has 1 heterocycles. The van der Waals surface area contributed by atoms with Crippen LogP contribution in [-0.2, 0) is 16.0 Å². The number of hydrogen-bond donors (Lipinski definition) is 1. The fraction of sp³-hybridized carbons (Fsp3) is 0.320. The Morgan fingerprint density at radius 1 is 1.03 bits per heavy atom. The first-order chi connectivity index (χ1) is 15.9. The van der Waals surface area contributed by atoms with Crippen molar-refractivity contribution in [1.29, 1.82) is 0 Å². The lowest BCUT2D eigenvalue weighted by atomic mass is 10.0. The monoisotopic (exact) mass is 449 g/mol. The molecule has 1 atom stereocenters. The molecular weight excluding hydrogens is 422 g/mol. The summed E-state index contributed by atoms with van der Waals surface area (Å²) in [5, 5.41) is 7.49. The average Bonchev–Trinajstić information content (AvgIpc) is 3.38. The maximum Gasteiger partial charge on any atom is 0.328 e. The fourth-order valence-electron chi connectivity index (χ4n) is 4.15. The van der Waals surface area contributed by atoms with Crippen LogP contribution in [0.3, 0.4) is 0 Å². The highest BCUT2D eigenvalue weighted by Crippen LogP contribution is 2.44.